The van der Waals surface area contributed by atoms with Crippen molar-refractivity contribution in [2.75, 3.05) is 24.6 Å². The van der Waals surface area contributed by atoms with Crippen LogP contribution in [0.15, 0.2) is 12.2 Å². The van der Waals surface area contributed by atoms with E-state index in [0.717, 1.165) is 11.3 Å². The van der Waals surface area contributed by atoms with Crippen molar-refractivity contribution < 1.29 is 13.2 Å². The summed E-state index contributed by atoms with van der Waals surface area (Å²) >= 11 is 1.03. The number of thiazole rings is 1. The van der Waals surface area contributed by atoms with Gasteiger partial charge in [-0.15, -0.1) is 0 Å². The fraction of sp³-hybridized carbons (Fsp3) is 0.455. The Kier molecular flexibility index (Phi) is 4.70. The Morgan fingerprint density at radius 2 is 2.05 bits per heavy atom. The third-order valence-corrected chi connectivity index (χ3v) is 4.64. The van der Waals surface area contributed by atoms with Crippen LogP contribution in [0.2, 0.25) is 0 Å². The minimum atomic E-state index is -3.51. The summed E-state index contributed by atoms with van der Waals surface area (Å²) in [6.07, 6.45) is 0. The van der Waals surface area contributed by atoms with Gasteiger partial charge in [0, 0.05) is 14.1 Å². The van der Waals surface area contributed by atoms with Crippen LogP contribution in [0.4, 0.5) is 5.13 Å². The van der Waals surface area contributed by atoms with Crippen molar-refractivity contribution in [1.29, 1.82) is 0 Å². The van der Waals surface area contributed by atoms with Crippen LogP contribution in [0.1, 0.15) is 22.3 Å². The summed E-state index contributed by atoms with van der Waals surface area (Å²) in [5, 5.41) is 0.198. The Hall–Kier alpha value is -1.41. The number of rotatable bonds is 5. The van der Waals surface area contributed by atoms with Crippen molar-refractivity contribution in [1.82, 2.24) is 9.88 Å². The van der Waals surface area contributed by atoms with Gasteiger partial charge in [-0.1, -0.05) is 23.5 Å². The topological polar surface area (TPSA) is 79.4 Å². The summed E-state index contributed by atoms with van der Waals surface area (Å²) in [4.78, 5) is 17.7. The van der Waals surface area contributed by atoms with Gasteiger partial charge in [-0.25, -0.2) is 13.4 Å². The molecule has 1 aromatic rings. The maximum atomic E-state index is 11.8. The van der Waals surface area contributed by atoms with Gasteiger partial charge in [0.15, 0.2) is 5.13 Å². The van der Waals surface area contributed by atoms with E-state index < -0.39 is 10.0 Å². The van der Waals surface area contributed by atoms with E-state index in [2.05, 4.69) is 16.3 Å². The van der Waals surface area contributed by atoms with Gasteiger partial charge in [0.2, 0.25) is 10.0 Å². The second kappa shape index (κ2) is 5.70. The number of hydrogen-bond acceptors (Lipinski definition) is 5. The number of aromatic nitrogens is 1. The molecule has 0 aromatic carbocycles. The summed E-state index contributed by atoms with van der Waals surface area (Å²) in [6.45, 7) is 6.86. The molecule has 0 fully saturated rings. The number of anilines is 1. The van der Waals surface area contributed by atoms with E-state index in [1.165, 1.54) is 4.90 Å². The van der Waals surface area contributed by atoms with Crippen LogP contribution in [-0.4, -0.2) is 44.1 Å². The number of carbonyl (C=O) groups is 1. The molecule has 0 aliphatic carbocycles. The lowest BCUT2D eigenvalue weighted by Crippen LogP contribution is -2.21. The van der Waals surface area contributed by atoms with E-state index >= 15 is 0 Å². The molecule has 1 aromatic heterocycles. The summed E-state index contributed by atoms with van der Waals surface area (Å²) in [5.41, 5.74) is 1.04. The maximum absolute atomic E-state index is 11.8. The average molecular weight is 303 g/mol. The maximum Gasteiger partial charge on any atom is 0.265 e. The number of carbonyl (C=O) groups excluding carboxylic acids is 1. The van der Waals surface area contributed by atoms with Crippen LogP contribution >= 0.6 is 11.3 Å². The molecule has 0 saturated heterocycles. The molecular weight excluding hydrogens is 286 g/mol. The highest BCUT2D eigenvalue weighted by molar-refractivity contribution is 7.93. The van der Waals surface area contributed by atoms with E-state index in [1.807, 2.05) is 0 Å². The zero-order valence-electron chi connectivity index (χ0n) is 11.3. The number of sulfonamides is 1. The van der Waals surface area contributed by atoms with Gasteiger partial charge >= 0.3 is 0 Å². The molecule has 1 N–H and O–H groups in total. The Bertz CT molecular complexity index is 603. The first-order chi connectivity index (χ1) is 8.62. The second-order valence-corrected chi connectivity index (χ2v) is 7.17. The van der Waals surface area contributed by atoms with E-state index in [0.29, 0.717) is 16.1 Å². The van der Waals surface area contributed by atoms with Gasteiger partial charge in [0.05, 0.1) is 11.4 Å². The molecule has 0 saturated carbocycles. The van der Waals surface area contributed by atoms with Gasteiger partial charge in [-0.3, -0.25) is 9.52 Å². The molecule has 6 nitrogen and oxygen atoms in total. The molecular formula is C11H17N3O3S2. The van der Waals surface area contributed by atoms with E-state index in [1.54, 1.807) is 27.9 Å². The monoisotopic (exact) mass is 303 g/mol. The van der Waals surface area contributed by atoms with E-state index in [9.17, 15) is 13.2 Å². The lowest BCUT2D eigenvalue weighted by molar-refractivity contribution is 0.0831. The standard InChI is InChI=1S/C11H17N3O3S2/c1-7(2)6-19(16,17)13-11-12-8(3)9(18-11)10(15)14(4)5/h1,6H2,2-5H3,(H,12,13). The average Bonchev–Trinajstić information content (AvgIpc) is 2.54. The first-order valence-electron chi connectivity index (χ1n) is 5.46. The van der Waals surface area contributed by atoms with Crippen molar-refractivity contribution in [2.45, 2.75) is 13.8 Å². The first kappa shape index (κ1) is 15.6. The van der Waals surface area contributed by atoms with Gasteiger partial charge < -0.3 is 4.90 Å². The number of hydrogen-bond donors (Lipinski definition) is 1. The smallest absolute Gasteiger partial charge is 0.265 e. The summed E-state index contributed by atoms with van der Waals surface area (Å²) < 4.78 is 25.8. The number of aryl methyl sites for hydroxylation is 1. The van der Waals surface area contributed by atoms with Gasteiger partial charge in [-0.05, 0) is 13.8 Å². The SMILES string of the molecule is C=C(C)CS(=O)(=O)Nc1nc(C)c(C(=O)N(C)C)s1. The fourth-order valence-corrected chi connectivity index (χ4v) is 3.75. The van der Waals surface area contributed by atoms with Crippen LogP contribution in [-0.2, 0) is 10.0 Å². The molecule has 8 heteroatoms. The van der Waals surface area contributed by atoms with Gasteiger partial charge in [-0.2, -0.15) is 0 Å². The normalized spacial score (nSPS) is 11.2. The van der Waals surface area contributed by atoms with Gasteiger partial charge in [0.25, 0.3) is 5.91 Å². The molecule has 0 spiro atoms. The Labute approximate surface area is 117 Å². The van der Waals surface area contributed by atoms with Crippen LogP contribution in [0, 0.1) is 6.92 Å². The van der Waals surface area contributed by atoms with Crippen LogP contribution < -0.4 is 4.72 Å². The molecule has 0 atom stereocenters. The van der Waals surface area contributed by atoms with Crippen molar-refractivity contribution in [3.8, 4) is 0 Å². The number of nitrogens with zero attached hydrogens (tertiary/aromatic N) is 2. The molecule has 1 heterocycles. The highest BCUT2D eigenvalue weighted by Gasteiger charge is 2.19. The zero-order chi connectivity index (χ0) is 14.8. The Balaban J connectivity index is 2.97. The second-order valence-electron chi connectivity index (χ2n) is 4.45. The predicted octanol–water partition coefficient (Wildman–Crippen LogP) is 1.47. The lowest BCUT2D eigenvalue weighted by atomic mass is 10.3. The van der Waals surface area contributed by atoms with Gasteiger partial charge in [0.1, 0.15) is 4.88 Å². The minimum Gasteiger partial charge on any atom is -0.344 e. The molecule has 1 amide bonds. The highest BCUT2D eigenvalue weighted by Crippen LogP contribution is 2.24. The molecule has 0 aliphatic rings. The van der Waals surface area contributed by atoms with Crippen LogP contribution in [0.25, 0.3) is 0 Å². The number of nitrogens with one attached hydrogen (secondary N) is 1. The van der Waals surface area contributed by atoms with Crippen molar-refractivity contribution in [2.24, 2.45) is 0 Å². The summed E-state index contributed by atoms with van der Waals surface area (Å²) in [6, 6.07) is 0. The zero-order valence-corrected chi connectivity index (χ0v) is 13.0. The molecule has 1 rings (SSSR count). The Morgan fingerprint density at radius 3 is 2.53 bits per heavy atom. The fourth-order valence-electron chi connectivity index (χ4n) is 1.34. The van der Waals surface area contributed by atoms with Crippen LogP contribution in [0.5, 0.6) is 0 Å². The third-order valence-electron chi connectivity index (χ3n) is 2.08. The number of amides is 1. The molecule has 0 unspecified atom stereocenters. The van der Waals surface area contributed by atoms with E-state index in [-0.39, 0.29) is 16.8 Å². The molecule has 0 aliphatic heterocycles. The van der Waals surface area contributed by atoms with Crippen LogP contribution in [0.3, 0.4) is 0 Å². The molecule has 0 radical (unpaired) electrons. The minimum absolute atomic E-state index is 0.164. The molecule has 19 heavy (non-hydrogen) atoms. The summed E-state index contributed by atoms with van der Waals surface area (Å²) in [7, 11) is -0.247. The quantitative estimate of drug-likeness (QED) is 0.835. The third kappa shape index (κ3) is 4.32. The first-order valence-corrected chi connectivity index (χ1v) is 7.93. The highest BCUT2D eigenvalue weighted by atomic mass is 32.2. The van der Waals surface area contributed by atoms with Crippen molar-refractivity contribution >= 4 is 32.4 Å². The predicted molar refractivity (Wildman–Crippen MR) is 77.1 cm³/mol. The largest absolute Gasteiger partial charge is 0.344 e. The molecule has 0 bridgehead atoms. The molecule has 106 valence electrons. The Morgan fingerprint density at radius 1 is 1.47 bits per heavy atom. The van der Waals surface area contributed by atoms with E-state index in [4.69, 9.17) is 0 Å². The van der Waals surface area contributed by atoms with Crippen molar-refractivity contribution in [3.05, 3.63) is 22.7 Å². The lowest BCUT2D eigenvalue weighted by Gasteiger charge is -2.07. The van der Waals surface area contributed by atoms with Crippen molar-refractivity contribution in [3.63, 3.8) is 0 Å². The summed E-state index contributed by atoms with van der Waals surface area (Å²) in [5.74, 6) is -0.358.